The summed E-state index contributed by atoms with van der Waals surface area (Å²) in [5.74, 6) is 0.141. The van der Waals surface area contributed by atoms with E-state index >= 15 is 0 Å². The maximum absolute atomic E-state index is 8.91. The first-order chi connectivity index (χ1) is 6.42. The van der Waals surface area contributed by atoms with Gasteiger partial charge in [0.25, 0.3) is 0 Å². The molecule has 2 unspecified atom stereocenters. The number of rotatable bonds is 1. The summed E-state index contributed by atoms with van der Waals surface area (Å²) in [5.41, 5.74) is 1.23. The molecule has 1 aromatic carbocycles. The van der Waals surface area contributed by atoms with E-state index in [2.05, 4.69) is 23.5 Å². The quantitative estimate of drug-likeness (QED) is 0.701. The molecule has 2 rings (SSSR count). The predicted octanol–water partition coefficient (Wildman–Crippen LogP) is 1.86. The highest BCUT2D eigenvalue weighted by Gasteiger charge is 2.27. The van der Waals surface area contributed by atoms with E-state index in [9.17, 15) is 0 Å². The lowest BCUT2D eigenvalue weighted by molar-refractivity contribution is 0.561. The number of nitrogens with zero attached hydrogens (tertiary/aromatic N) is 1. The molecule has 1 saturated heterocycles. The third-order valence-corrected chi connectivity index (χ3v) is 2.55. The highest BCUT2D eigenvalue weighted by Crippen LogP contribution is 2.28. The largest absolute Gasteiger partial charge is 0.309 e. The molecule has 66 valence electrons. The fraction of sp³-hybridized carbons (Fsp3) is 0.364. The molecule has 1 fully saturated rings. The molecule has 1 heterocycles. The standard InChI is InChI=1S/C11H12N2/c12-8-10-6-7-13-11(10)9-4-2-1-3-5-9/h1-5,10-11,13H,6-7H2. The maximum Gasteiger partial charge on any atom is 0.0676 e. The number of hydrogen-bond donors (Lipinski definition) is 1. The molecule has 13 heavy (non-hydrogen) atoms. The van der Waals surface area contributed by atoms with E-state index in [-0.39, 0.29) is 12.0 Å². The highest BCUT2D eigenvalue weighted by atomic mass is 14.9. The Hall–Kier alpha value is -1.33. The van der Waals surface area contributed by atoms with Crippen molar-refractivity contribution in [2.45, 2.75) is 12.5 Å². The summed E-state index contributed by atoms with van der Waals surface area (Å²) in [6, 6.07) is 12.8. The molecule has 2 nitrogen and oxygen atoms in total. The topological polar surface area (TPSA) is 35.8 Å². The normalized spacial score (nSPS) is 27.0. The average Bonchev–Trinajstić information content (AvgIpc) is 2.67. The van der Waals surface area contributed by atoms with Crippen LogP contribution in [0.1, 0.15) is 18.0 Å². The molecule has 1 aliphatic rings. The van der Waals surface area contributed by atoms with Gasteiger partial charge in [-0.15, -0.1) is 0 Å². The molecule has 1 N–H and O–H groups in total. The first kappa shape index (κ1) is 8.28. The lowest BCUT2D eigenvalue weighted by atomic mass is 9.96. The van der Waals surface area contributed by atoms with Crippen molar-refractivity contribution in [2.24, 2.45) is 5.92 Å². The van der Waals surface area contributed by atoms with Gasteiger partial charge in [0.2, 0.25) is 0 Å². The van der Waals surface area contributed by atoms with Gasteiger partial charge in [-0.1, -0.05) is 30.3 Å². The highest BCUT2D eigenvalue weighted by molar-refractivity contribution is 5.22. The molecule has 2 atom stereocenters. The number of nitrogens with one attached hydrogen (secondary N) is 1. The van der Waals surface area contributed by atoms with Crippen molar-refractivity contribution >= 4 is 0 Å². The van der Waals surface area contributed by atoms with Crippen LogP contribution < -0.4 is 5.32 Å². The molecular formula is C11H12N2. The van der Waals surface area contributed by atoms with Crippen LogP contribution in [0, 0.1) is 17.2 Å². The number of nitriles is 1. The molecular weight excluding hydrogens is 160 g/mol. The van der Waals surface area contributed by atoms with Crippen molar-refractivity contribution in [2.75, 3.05) is 6.54 Å². The van der Waals surface area contributed by atoms with E-state index in [1.165, 1.54) is 5.56 Å². The van der Waals surface area contributed by atoms with E-state index in [0.29, 0.717) is 0 Å². The Kier molecular flexibility index (Phi) is 2.29. The van der Waals surface area contributed by atoms with E-state index in [1.807, 2.05) is 18.2 Å². The van der Waals surface area contributed by atoms with Crippen LogP contribution in [0.2, 0.25) is 0 Å². The maximum atomic E-state index is 8.91. The van der Waals surface area contributed by atoms with Crippen molar-refractivity contribution in [1.82, 2.24) is 5.32 Å². The van der Waals surface area contributed by atoms with Gasteiger partial charge in [-0.2, -0.15) is 5.26 Å². The fourth-order valence-electron chi connectivity index (χ4n) is 1.85. The second-order valence-corrected chi connectivity index (χ2v) is 3.37. The van der Waals surface area contributed by atoms with Gasteiger partial charge >= 0.3 is 0 Å². The zero-order chi connectivity index (χ0) is 9.10. The Morgan fingerprint density at radius 3 is 2.77 bits per heavy atom. The van der Waals surface area contributed by atoms with Gasteiger partial charge in [0.15, 0.2) is 0 Å². The van der Waals surface area contributed by atoms with Crippen LogP contribution in [-0.2, 0) is 0 Å². The SMILES string of the molecule is N#CC1CCNC1c1ccccc1. The Balaban J connectivity index is 2.22. The van der Waals surface area contributed by atoms with Crippen LogP contribution in [0.15, 0.2) is 30.3 Å². The zero-order valence-electron chi connectivity index (χ0n) is 7.40. The van der Waals surface area contributed by atoms with Gasteiger partial charge in [-0.05, 0) is 18.5 Å². The molecule has 1 aliphatic heterocycles. The Morgan fingerprint density at radius 1 is 1.31 bits per heavy atom. The summed E-state index contributed by atoms with van der Waals surface area (Å²) in [6.07, 6.45) is 0.968. The van der Waals surface area contributed by atoms with Crippen molar-refractivity contribution in [3.05, 3.63) is 35.9 Å². The van der Waals surface area contributed by atoms with E-state index in [1.54, 1.807) is 0 Å². The van der Waals surface area contributed by atoms with Gasteiger partial charge < -0.3 is 5.32 Å². The molecule has 0 aliphatic carbocycles. The van der Waals surface area contributed by atoms with Crippen LogP contribution in [-0.4, -0.2) is 6.54 Å². The van der Waals surface area contributed by atoms with Gasteiger partial charge in [0, 0.05) is 6.04 Å². The first-order valence-electron chi connectivity index (χ1n) is 4.60. The minimum absolute atomic E-state index is 0.141. The second kappa shape index (κ2) is 3.59. The lowest BCUT2D eigenvalue weighted by Gasteiger charge is -2.13. The smallest absolute Gasteiger partial charge is 0.0676 e. The number of hydrogen-bond acceptors (Lipinski definition) is 2. The van der Waals surface area contributed by atoms with Crippen molar-refractivity contribution in [3.63, 3.8) is 0 Å². The molecule has 2 heteroatoms. The molecule has 0 aromatic heterocycles. The molecule has 1 aromatic rings. The van der Waals surface area contributed by atoms with Crippen LogP contribution >= 0.6 is 0 Å². The van der Waals surface area contributed by atoms with Gasteiger partial charge in [-0.25, -0.2) is 0 Å². The first-order valence-corrected chi connectivity index (χ1v) is 4.60. The van der Waals surface area contributed by atoms with Crippen molar-refractivity contribution in [3.8, 4) is 6.07 Å². The van der Waals surface area contributed by atoms with Crippen molar-refractivity contribution < 1.29 is 0 Å². The van der Waals surface area contributed by atoms with Crippen LogP contribution in [0.5, 0.6) is 0 Å². The Bertz CT molecular complexity index is 313. The van der Waals surface area contributed by atoms with Gasteiger partial charge in [-0.3, -0.25) is 0 Å². The summed E-state index contributed by atoms with van der Waals surface area (Å²) >= 11 is 0. The lowest BCUT2D eigenvalue weighted by Crippen LogP contribution is -2.16. The molecule has 0 radical (unpaired) electrons. The monoisotopic (exact) mass is 172 g/mol. The van der Waals surface area contributed by atoms with Crippen molar-refractivity contribution in [1.29, 1.82) is 5.26 Å². The van der Waals surface area contributed by atoms with E-state index < -0.39 is 0 Å². The summed E-state index contributed by atoms with van der Waals surface area (Å²) < 4.78 is 0. The molecule has 0 saturated carbocycles. The van der Waals surface area contributed by atoms with E-state index in [0.717, 1.165) is 13.0 Å². The van der Waals surface area contributed by atoms with Gasteiger partial charge in [0.05, 0.1) is 12.0 Å². The molecule has 0 amide bonds. The van der Waals surface area contributed by atoms with Gasteiger partial charge in [0.1, 0.15) is 0 Å². The third kappa shape index (κ3) is 1.56. The minimum atomic E-state index is 0.141. The minimum Gasteiger partial charge on any atom is -0.309 e. The summed E-state index contributed by atoms with van der Waals surface area (Å²) in [6.45, 7) is 0.956. The Labute approximate surface area is 78.2 Å². The third-order valence-electron chi connectivity index (χ3n) is 2.55. The van der Waals surface area contributed by atoms with Crippen LogP contribution in [0.4, 0.5) is 0 Å². The molecule has 0 bridgehead atoms. The Morgan fingerprint density at radius 2 is 2.08 bits per heavy atom. The summed E-state index contributed by atoms with van der Waals surface area (Å²) in [7, 11) is 0. The fourth-order valence-corrected chi connectivity index (χ4v) is 1.85. The average molecular weight is 172 g/mol. The molecule has 0 spiro atoms. The number of benzene rings is 1. The van der Waals surface area contributed by atoms with Crippen LogP contribution in [0.3, 0.4) is 0 Å². The second-order valence-electron chi connectivity index (χ2n) is 3.37. The predicted molar refractivity (Wildman–Crippen MR) is 50.9 cm³/mol. The van der Waals surface area contributed by atoms with Crippen LogP contribution in [0.25, 0.3) is 0 Å². The van der Waals surface area contributed by atoms with E-state index in [4.69, 9.17) is 5.26 Å². The summed E-state index contributed by atoms with van der Waals surface area (Å²) in [4.78, 5) is 0. The summed E-state index contributed by atoms with van der Waals surface area (Å²) in [5, 5.41) is 12.3. The zero-order valence-corrected chi connectivity index (χ0v) is 7.40.